The predicted molar refractivity (Wildman–Crippen MR) is 138 cm³/mol. The molecule has 2 amide bonds. The molecule has 36 heavy (non-hydrogen) atoms. The highest BCUT2D eigenvalue weighted by molar-refractivity contribution is 5.96. The number of hydrogen-bond donors (Lipinski definition) is 2. The van der Waals surface area contributed by atoms with Crippen molar-refractivity contribution in [3.05, 3.63) is 65.2 Å². The third-order valence-corrected chi connectivity index (χ3v) is 8.70. The highest BCUT2D eigenvalue weighted by Crippen LogP contribution is 2.66. The fraction of sp³-hybridized carbons (Fsp3) is 0.500. The number of esters is 1. The molecule has 3 atom stereocenters. The van der Waals surface area contributed by atoms with Crippen LogP contribution in [0.5, 0.6) is 0 Å². The zero-order valence-corrected chi connectivity index (χ0v) is 21.4. The monoisotopic (exact) mass is 488 g/mol. The van der Waals surface area contributed by atoms with Crippen molar-refractivity contribution in [1.82, 2.24) is 5.32 Å². The molecule has 0 heterocycles. The summed E-state index contributed by atoms with van der Waals surface area (Å²) in [5.41, 5.74) is 3.51. The molecule has 0 aromatic heterocycles. The van der Waals surface area contributed by atoms with Crippen molar-refractivity contribution in [3.8, 4) is 0 Å². The van der Waals surface area contributed by atoms with Crippen molar-refractivity contribution in [1.29, 1.82) is 0 Å². The van der Waals surface area contributed by atoms with Gasteiger partial charge in [0.05, 0.1) is 12.0 Å². The molecule has 6 heteroatoms. The van der Waals surface area contributed by atoms with E-state index >= 15 is 0 Å². The fourth-order valence-electron chi connectivity index (χ4n) is 7.48. The first kappa shape index (κ1) is 24.5. The topological polar surface area (TPSA) is 84.5 Å². The first-order valence-corrected chi connectivity index (χ1v) is 13.1. The smallest absolute Gasteiger partial charge is 0.312 e. The van der Waals surface area contributed by atoms with Crippen molar-refractivity contribution >= 4 is 23.5 Å². The molecule has 0 radical (unpaired) electrons. The summed E-state index contributed by atoms with van der Waals surface area (Å²) in [6, 6.07) is 16.4. The Hall–Kier alpha value is -3.15. The molecule has 0 spiro atoms. The van der Waals surface area contributed by atoms with E-state index in [1.807, 2.05) is 38.1 Å². The van der Waals surface area contributed by atoms with E-state index in [2.05, 4.69) is 34.9 Å². The summed E-state index contributed by atoms with van der Waals surface area (Å²) in [5, 5.41) is 5.49. The van der Waals surface area contributed by atoms with E-state index in [1.54, 1.807) is 6.92 Å². The van der Waals surface area contributed by atoms with Gasteiger partial charge in [-0.05, 0) is 93.2 Å². The van der Waals surface area contributed by atoms with Crippen molar-refractivity contribution in [2.45, 2.75) is 70.8 Å². The SMILES string of the molecule is Cc1cccc(C)c1NC(=O)CNC(=O)C(C)OC(=O)C12CC3CC(C1)CC(c1ccccc1)(C3)C2. The fourth-order valence-corrected chi connectivity index (χ4v) is 7.48. The average molecular weight is 489 g/mol. The molecular formula is C30H36N2O4. The Balaban J connectivity index is 1.20. The summed E-state index contributed by atoms with van der Waals surface area (Å²) in [5.74, 6) is 0.0284. The summed E-state index contributed by atoms with van der Waals surface area (Å²) in [4.78, 5) is 38.7. The maximum absolute atomic E-state index is 13.6. The van der Waals surface area contributed by atoms with E-state index in [1.165, 1.54) is 12.0 Å². The standard InChI is InChI=1S/C30H36N2O4/c1-19-8-7-9-20(2)26(19)32-25(33)17-31-27(34)21(3)36-28(35)30-15-22-12-23(16-30)14-29(13-22,18-30)24-10-5-4-6-11-24/h4-11,21-23H,12-18H2,1-3H3,(H,31,34)(H,32,33). The highest BCUT2D eigenvalue weighted by Gasteiger charge is 2.61. The molecule has 0 aliphatic heterocycles. The van der Waals surface area contributed by atoms with E-state index in [-0.39, 0.29) is 23.8 Å². The summed E-state index contributed by atoms with van der Waals surface area (Å²) >= 11 is 0. The predicted octanol–water partition coefficient (Wildman–Crippen LogP) is 4.83. The third-order valence-electron chi connectivity index (χ3n) is 8.70. The molecule has 6 nitrogen and oxygen atoms in total. The zero-order valence-electron chi connectivity index (χ0n) is 21.4. The molecule has 2 N–H and O–H groups in total. The molecule has 4 aliphatic rings. The number of carbonyl (C=O) groups is 3. The summed E-state index contributed by atoms with van der Waals surface area (Å²) < 4.78 is 5.78. The van der Waals surface area contributed by atoms with Gasteiger partial charge in [-0.1, -0.05) is 48.5 Å². The molecule has 4 saturated carbocycles. The maximum atomic E-state index is 13.6. The summed E-state index contributed by atoms with van der Waals surface area (Å²) in [6.45, 7) is 5.26. The van der Waals surface area contributed by atoms with Gasteiger partial charge < -0.3 is 15.4 Å². The Bertz CT molecular complexity index is 1140. The van der Waals surface area contributed by atoms with E-state index in [4.69, 9.17) is 4.74 Å². The van der Waals surface area contributed by atoms with Gasteiger partial charge in [0.2, 0.25) is 5.91 Å². The third kappa shape index (κ3) is 4.54. The molecule has 4 bridgehead atoms. The molecular weight excluding hydrogens is 452 g/mol. The maximum Gasteiger partial charge on any atom is 0.312 e. The minimum absolute atomic E-state index is 0.0294. The van der Waals surface area contributed by atoms with E-state index in [0.29, 0.717) is 11.8 Å². The van der Waals surface area contributed by atoms with Crippen LogP contribution >= 0.6 is 0 Å². The van der Waals surface area contributed by atoms with Gasteiger partial charge >= 0.3 is 5.97 Å². The van der Waals surface area contributed by atoms with Crippen molar-refractivity contribution in [2.75, 3.05) is 11.9 Å². The second kappa shape index (κ2) is 9.38. The molecule has 2 aromatic carbocycles. The van der Waals surface area contributed by atoms with Crippen LogP contribution in [-0.2, 0) is 24.5 Å². The minimum atomic E-state index is -0.953. The second-order valence-corrected chi connectivity index (χ2v) is 11.5. The highest BCUT2D eigenvalue weighted by atomic mass is 16.5. The van der Waals surface area contributed by atoms with Crippen LogP contribution in [-0.4, -0.2) is 30.4 Å². The lowest BCUT2D eigenvalue weighted by Crippen LogP contribution is -2.57. The van der Waals surface area contributed by atoms with Crippen LogP contribution in [0.3, 0.4) is 0 Å². The Labute approximate surface area is 213 Å². The van der Waals surface area contributed by atoms with Gasteiger partial charge in [-0.2, -0.15) is 0 Å². The molecule has 190 valence electrons. The van der Waals surface area contributed by atoms with Gasteiger partial charge in [0.25, 0.3) is 5.91 Å². The normalized spacial score (nSPS) is 28.9. The lowest BCUT2D eigenvalue weighted by molar-refractivity contribution is -0.180. The first-order valence-electron chi connectivity index (χ1n) is 13.1. The number of nitrogens with one attached hydrogen (secondary N) is 2. The Kier molecular flexibility index (Phi) is 6.39. The van der Waals surface area contributed by atoms with E-state index in [9.17, 15) is 14.4 Å². The lowest BCUT2D eigenvalue weighted by atomic mass is 9.43. The quantitative estimate of drug-likeness (QED) is 0.547. The van der Waals surface area contributed by atoms with Crippen LogP contribution in [0.15, 0.2) is 48.5 Å². The van der Waals surface area contributed by atoms with Crippen molar-refractivity contribution in [2.24, 2.45) is 17.3 Å². The number of aryl methyl sites for hydroxylation is 2. The molecule has 4 aliphatic carbocycles. The molecule has 4 fully saturated rings. The number of ether oxygens (including phenoxy) is 1. The van der Waals surface area contributed by atoms with Crippen LogP contribution in [0.2, 0.25) is 0 Å². The summed E-state index contributed by atoms with van der Waals surface area (Å²) in [6.07, 6.45) is 5.00. The van der Waals surface area contributed by atoms with E-state index in [0.717, 1.165) is 48.9 Å². The van der Waals surface area contributed by atoms with Crippen molar-refractivity contribution < 1.29 is 19.1 Å². The van der Waals surface area contributed by atoms with Crippen LogP contribution < -0.4 is 10.6 Å². The van der Waals surface area contributed by atoms with Gasteiger partial charge in [0, 0.05) is 5.69 Å². The van der Waals surface area contributed by atoms with Gasteiger partial charge in [-0.3, -0.25) is 14.4 Å². The van der Waals surface area contributed by atoms with Crippen molar-refractivity contribution in [3.63, 3.8) is 0 Å². The Morgan fingerprint density at radius 2 is 1.58 bits per heavy atom. The number of carbonyl (C=O) groups excluding carboxylic acids is 3. The van der Waals surface area contributed by atoms with Gasteiger partial charge in [0.1, 0.15) is 0 Å². The average Bonchev–Trinajstić information content (AvgIpc) is 2.84. The lowest BCUT2D eigenvalue weighted by Gasteiger charge is -2.61. The zero-order chi connectivity index (χ0) is 25.5. The molecule has 6 rings (SSSR count). The summed E-state index contributed by atoms with van der Waals surface area (Å²) in [7, 11) is 0. The largest absolute Gasteiger partial charge is 0.452 e. The van der Waals surface area contributed by atoms with Gasteiger partial charge in [0.15, 0.2) is 6.10 Å². The van der Waals surface area contributed by atoms with Crippen LogP contribution in [0.4, 0.5) is 5.69 Å². The number of para-hydroxylation sites is 1. The second-order valence-electron chi connectivity index (χ2n) is 11.5. The Morgan fingerprint density at radius 3 is 2.22 bits per heavy atom. The molecule has 2 aromatic rings. The Morgan fingerprint density at radius 1 is 0.944 bits per heavy atom. The number of benzene rings is 2. The van der Waals surface area contributed by atoms with Gasteiger partial charge in [-0.15, -0.1) is 0 Å². The molecule has 3 unspecified atom stereocenters. The molecule has 0 saturated heterocycles. The van der Waals surface area contributed by atoms with Crippen LogP contribution in [0.25, 0.3) is 0 Å². The number of anilines is 1. The minimum Gasteiger partial charge on any atom is -0.452 e. The number of rotatable bonds is 7. The number of hydrogen-bond acceptors (Lipinski definition) is 4. The number of amides is 2. The van der Waals surface area contributed by atoms with Crippen LogP contribution in [0.1, 0.15) is 62.1 Å². The first-order chi connectivity index (χ1) is 17.2. The van der Waals surface area contributed by atoms with Crippen LogP contribution in [0, 0.1) is 31.1 Å². The van der Waals surface area contributed by atoms with Gasteiger partial charge in [-0.25, -0.2) is 0 Å². The van der Waals surface area contributed by atoms with E-state index < -0.39 is 17.4 Å².